The quantitative estimate of drug-likeness (QED) is 0.761. The molecule has 1 aromatic rings. The predicted molar refractivity (Wildman–Crippen MR) is 92.2 cm³/mol. The summed E-state index contributed by atoms with van der Waals surface area (Å²) in [5.74, 6) is -0.306. The van der Waals surface area contributed by atoms with Crippen LogP contribution in [0.25, 0.3) is 0 Å². The molecule has 2 N–H and O–H groups in total. The number of aldehydes is 1. The molecule has 0 saturated carbocycles. The Morgan fingerprint density at radius 3 is 2.64 bits per heavy atom. The lowest BCUT2D eigenvalue weighted by Gasteiger charge is -2.39. The maximum Gasteiger partial charge on any atom is 0.255 e. The molecule has 132 valence electrons. The molecule has 1 aliphatic carbocycles. The molecular weight excluding hydrogens is 318 g/mol. The number of hydrogen-bond donors (Lipinski definition) is 2. The average molecular weight is 341 g/mol. The molecule has 1 unspecified atom stereocenters. The van der Waals surface area contributed by atoms with Crippen LogP contribution in [-0.2, 0) is 29.0 Å². The number of likely N-dealkylation sites (N-methyl/N-ethyl adjacent to an activating group) is 1. The van der Waals surface area contributed by atoms with E-state index in [-0.39, 0.29) is 18.2 Å². The highest BCUT2D eigenvalue weighted by molar-refractivity contribution is 6.01. The molecule has 3 aliphatic rings. The summed E-state index contributed by atoms with van der Waals surface area (Å²) in [7, 11) is 1.56. The number of carbonyl (C=O) groups is 3. The van der Waals surface area contributed by atoms with Crippen LogP contribution in [0.3, 0.4) is 0 Å². The summed E-state index contributed by atoms with van der Waals surface area (Å²) in [6, 6.07) is 3.61. The van der Waals surface area contributed by atoms with Crippen molar-refractivity contribution in [3.8, 4) is 0 Å². The first-order valence-electron chi connectivity index (χ1n) is 8.88. The van der Waals surface area contributed by atoms with Gasteiger partial charge in [0.15, 0.2) is 0 Å². The number of carbonyl (C=O) groups excluding carboxylic acids is 3. The molecular formula is C19H23N3O3. The Hall–Kier alpha value is -2.21. The van der Waals surface area contributed by atoms with Crippen molar-refractivity contribution < 1.29 is 14.4 Å². The van der Waals surface area contributed by atoms with Gasteiger partial charge in [-0.05, 0) is 42.0 Å². The normalized spacial score (nSPS) is 20.8. The zero-order valence-corrected chi connectivity index (χ0v) is 14.4. The van der Waals surface area contributed by atoms with Gasteiger partial charge in [-0.25, -0.2) is 0 Å². The zero-order chi connectivity index (χ0) is 17.6. The highest BCUT2D eigenvalue weighted by Crippen LogP contribution is 2.42. The number of fused-ring (bicyclic) bond motifs is 2. The van der Waals surface area contributed by atoms with Gasteiger partial charge in [0.1, 0.15) is 12.3 Å². The summed E-state index contributed by atoms with van der Waals surface area (Å²) < 4.78 is 0. The van der Waals surface area contributed by atoms with Gasteiger partial charge in [0.25, 0.3) is 5.91 Å². The summed E-state index contributed by atoms with van der Waals surface area (Å²) in [6.45, 7) is 2.55. The largest absolute Gasteiger partial charge is 0.357 e. The minimum Gasteiger partial charge on any atom is -0.357 e. The molecule has 25 heavy (non-hydrogen) atoms. The minimum absolute atomic E-state index is 0.0926. The summed E-state index contributed by atoms with van der Waals surface area (Å²) in [5, 5.41) is 5.97. The van der Waals surface area contributed by atoms with Gasteiger partial charge in [-0.1, -0.05) is 6.07 Å². The van der Waals surface area contributed by atoms with Gasteiger partial charge in [0.2, 0.25) is 5.91 Å². The highest BCUT2D eigenvalue weighted by Gasteiger charge is 2.44. The topological polar surface area (TPSA) is 78.5 Å². The summed E-state index contributed by atoms with van der Waals surface area (Å²) in [5.41, 5.74) is 4.71. The minimum atomic E-state index is -0.591. The lowest BCUT2D eigenvalue weighted by molar-refractivity contribution is -0.125. The second kappa shape index (κ2) is 5.95. The van der Waals surface area contributed by atoms with E-state index in [0.717, 1.165) is 43.3 Å². The van der Waals surface area contributed by atoms with E-state index >= 15 is 0 Å². The molecule has 0 radical (unpaired) electrons. The molecule has 2 amide bonds. The zero-order valence-electron chi connectivity index (χ0n) is 14.4. The predicted octanol–water partition coefficient (Wildman–Crippen LogP) is 0.424. The van der Waals surface area contributed by atoms with Crippen LogP contribution in [0, 0.1) is 5.41 Å². The lowest BCUT2D eigenvalue weighted by Crippen LogP contribution is -2.53. The van der Waals surface area contributed by atoms with Crippen molar-refractivity contribution >= 4 is 18.1 Å². The SMILES string of the molecule is CNC(=O)C(CCC=O)N1Cc2cc3c(cc2C1=O)CC1(CNC1)C3. The molecule has 4 rings (SSSR count). The molecule has 1 saturated heterocycles. The van der Waals surface area contributed by atoms with E-state index in [4.69, 9.17) is 0 Å². The van der Waals surface area contributed by atoms with E-state index < -0.39 is 6.04 Å². The molecule has 1 spiro atoms. The van der Waals surface area contributed by atoms with Crippen LogP contribution in [0.15, 0.2) is 12.1 Å². The first-order valence-corrected chi connectivity index (χ1v) is 8.88. The molecule has 6 heteroatoms. The van der Waals surface area contributed by atoms with Gasteiger partial charge in [0, 0.05) is 44.1 Å². The smallest absolute Gasteiger partial charge is 0.255 e. The molecule has 1 aromatic carbocycles. The van der Waals surface area contributed by atoms with Gasteiger partial charge in [-0.3, -0.25) is 9.59 Å². The third-order valence-electron chi connectivity index (χ3n) is 5.87. The third-order valence-corrected chi connectivity index (χ3v) is 5.87. The monoisotopic (exact) mass is 341 g/mol. The van der Waals surface area contributed by atoms with Crippen LogP contribution in [0.4, 0.5) is 0 Å². The summed E-state index contributed by atoms with van der Waals surface area (Å²) in [6.07, 6.45) is 3.52. The van der Waals surface area contributed by atoms with Gasteiger partial charge in [0.05, 0.1) is 0 Å². The van der Waals surface area contributed by atoms with Gasteiger partial charge in [-0.15, -0.1) is 0 Å². The molecule has 2 heterocycles. The van der Waals surface area contributed by atoms with Crippen molar-refractivity contribution in [1.29, 1.82) is 0 Å². The Labute approximate surface area is 147 Å². The van der Waals surface area contributed by atoms with E-state index in [1.807, 2.05) is 6.07 Å². The Bertz CT molecular complexity index is 755. The maximum absolute atomic E-state index is 12.9. The Kier molecular flexibility index (Phi) is 3.87. The van der Waals surface area contributed by atoms with E-state index in [1.165, 1.54) is 11.1 Å². The van der Waals surface area contributed by atoms with E-state index in [9.17, 15) is 14.4 Å². The standard InChI is InChI=1S/C19H23N3O3/c1-20-17(24)16(3-2-4-23)22-9-14-5-12-7-19(10-21-11-19)8-13(12)6-15(14)18(22)25/h4-6,16,21H,2-3,7-11H2,1H3,(H,20,24). The molecule has 1 atom stereocenters. The molecule has 6 nitrogen and oxygen atoms in total. The summed E-state index contributed by atoms with van der Waals surface area (Å²) in [4.78, 5) is 37.5. The molecule has 2 aliphatic heterocycles. The summed E-state index contributed by atoms with van der Waals surface area (Å²) >= 11 is 0. The Morgan fingerprint density at radius 2 is 2.04 bits per heavy atom. The van der Waals surface area contributed by atoms with E-state index in [2.05, 4.69) is 16.7 Å². The first-order chi connectivity index (χ1) is 12.1. The lowest BCUT2D eigenvalue weighted by atomic mass is 9.79. The van der Waals surface area contributed by atoms with Crippen molar-refractivity contribution in [3.63, 3.8) is 0 Å². The fourth-order valence-electron chi connectivity index (χ4n) is 4.48. The van der Waals surface area contributed by atoms with Crippen molar-refractivity contribution in [1.82, 2.24) is 15.5 Å². The number of nitrogens with one attached hydrogen (secondary N) is 2. The first kappa shape index (κ1) is 16.3. The number of hydrogen-bond acceptors (Lipinski definition) is 4. The van der Waals surface area contributed by atoms with E-state index in [0.29, 0.717) is 18.4 Å². The van der Waals surface area contributed by atoms with Gasteiger partial charge in [-0.2, -0.15) is 0 Å². The third kappa shape index (κ3) is 2.56. The Morgan fingerprint density at radius 1 is 1.32 bits per heavy atom. The van der Waals surface area contributed by atoms with Crippen LogP contribution in [0.2, 0.25) is 0 Å². The van der Waals surface area contributed by atoms with Crippen LogP contribution < -0.4 is 10.6 Å². The highest BCUT2D eigenvalue weighted by atomic mass is 16.2. The second-order valence-electron chi connectivity index (χ2n) is 7.54. The van der Waals surface area contributed by atoms with Crippen molar-refractivity contribution in [3.05, 3.63) is 34.4 Å². The van der Waals surface area contributed by atoms with Gasteiger partial charge < -0.3 is 20.3 Å². The average Bonchev–Trinajstić information content (AvgIpc) is 3.11. The fraction of sp³-hybridized carbons (Fsp3) is 0.526. The van der Waals surface area contributed by atoms with Crippen LogP contribution >= 0.6 is 0 Å². The number of benzene rings is 1. The van der Waals surface area contributed by atoms with E-state index in [1.54, 1.807) is 11.9 Å². The molecule has 1 fully saturated rings. The fourth-order valence-corrected chi connectivity index (χ4v) is 4.48. The maximum atomic E-state index is 12.9. The second-order valence-corrected chi connectivity index (χ2v) is 7.54. The molecule has 0 aromatic heterocycles. The van der Waals surface area contributed by atoms with Crippen LogP contribution in [0.5, 0.6) is 0 Å². The van der Waals surface area contributed by atoms with Crippen LogP contribution in [-0.4, -0.2) is 49.2 Å². The number of amides is 2. The molecule has 0 bridgehead atoms. The van der Waals surface area contributed by atoms with Gasteiger partial charge >= 0.3 is 0 Å². The van der Waals surface area contributed by atoms with Crippen molar-refractivity contribution in [2.75, 3.05) is 20.1 Å². The number of rotatable bonds is 5. The number of nitrogens with zero attached hydrogens (tertiary/aromatic N) is 1. The Balaban J connectivity index is 1.59. The van der Waals surface area contributed by atoms with Crippen LogP contribution in [0.1, 0.15) is 39.9 Å². The van der Waals surface area contributed by atoms with Crippen molar-refractivity contribution in [2.45, 2.75) is 38.3 Å². The van der Waals surface area contributed by atoms with Crippen molar-refractivity contribution in [2.24, 2.45) is 5.41 Å².